The number of rotatable bonds is 6. The highest BCUT2D eigenvalue weighted by molar-refractivity contribution is 6.02. The van der Waals surface area contributed by atoms with E-state index in [0.717, 1.165) is 57.7 Å². The molecule has 2 fully saturated rings. The Labute approximate surface area is 230 Å². The van der Waals surface area contributed by atoms with Crippen molar-refractivity contribution in [3.8, 4) is 11.5 Å². The van der Waals surface area contributed by atoms with Crippen LogP contribution in [0.1, 0.15) is 62.7 Å². The molecule has 13 heteroatoms. The first kappa shape index (κ1) is 27.9. The van der Waals surface area contributed by atoms with E-state index in [1.54, 1.807) is 18.7 Å². The number of fused-ring (bicyclic) bond motifs is 1. The van der Waals surface area contributed by atoms with Gasteiger partial charge in [0.1, 0.15) is 0 Å². The second-order valence-electron chi connectivity index (χ2n) is 11.0. The van der Waals surface area contributed by atoms with Gasteiger partial charge in [0, 0.05) is 17.6 Å². The number of ether oxygens (including phenoxy) is 2. The summed E-state index contributed by atoms with van der Waals surface area (Å²) in [7, 11) is 1.99. The van der Waals surface area contributed by atoms with Crippen LogP contribution in [0.3, 0.4) is 0 Å². The molecule has 0 unspecified atom stereocenters. The van der Waals surface area contributed by atoms with Crippen molar-refractivity contribution in [2.24, 2.45) is 0 Å². The summed E-state index contributed by atoms with van der Waals surface area (Å²) >= 11 is 0. The lowest BCUT2D eigenvalue weighted by atomic mass is 10.0. The minimum absolute atomic E-state index is 0.0312. The molecule has 10 nitrogen and oxygen atoms in total. The number of likely N-dealkylation sites (tertiary alicyclic amines) is 1. The van der Waals surface area contributed by atoms with E-state index in [0.29, 0.717) is 5.75 Å². The number of hydrogen-bond donors (Lipinski definition) is 2. The van der Waals surface area contributed by atoms with Gasteiger partial charge in [-0.3, -0.25) is 14.5 Å². The maximum absolute atomic E-state index is 13.3. The highest BCUT2D eigenvalue weighted by Crippen LogP contribution is 2.41. The summed E-state index contributed by atoms with van der Waals surface area (Å²) in [5, 5.41) is 5.66. The van der Waals surface area contributed by atoms with Gasteiger partial charge in [-0.25, -0.2) is 4.98 Å². The van der Waals surface area contributed by atoms with Crippen molar-refractivity contribution in [2.75, 3.05) is 30.4 Å². The van der Waals surface area contributed by atoms with Gasteiger partial charge in [-0.2, -0.15) is 4.98 Å². The molecule has 2 amide bonds. The van der Waals surface area contributed by atoms with E-state index in [1.807, 2.05) is 7.05 Å². The maximum Gasteiger partial charge on any atom is 0.573 e. The Hall–Kier alpha value is -3.61. The summed E-state index contributed by atoms with van der Waals surface area (Å²) in [6.07, 6.45) is 1.51. The summed E-state index contributed by atoms with van der Waals surface area (Å²) < 4.78 is 50.1. The number of alkyl halides is 3. The summed E-state index contributed by atoms with van der Waals surface area (Å²) in [6.45, 7) is 5.00. The molecule has 3 aliphatic rings. The smallest absolute Gasteiger partial charge is 0.472 e. The number of nitrogens with one attached hydrogen (secondary N) is 2. The summed E-state index contributed by atoms with van der Waals surface area (Å²) in [4.78, 5) is 38.6. The van der Waals surface area contributed by atoms with Crippen LogP contribution in [-0.4, -0.2) is 70.9 Å². The minimum Gasteiger partial charge on any atom is -0.472 e. The molecule has 5 rings (SSSR count). The topological polar surface area (TPSA) is 109 Å². The average Bonchev–Trinajstić information content (AvgIpc) is 3.41. The Balaban J connectivity index is 1.41. The fraction of sp³-hybridized carbons (Fsp3) is 0.556. The van der Waals surface area contributed by atoms with Crippen LogP contribution in [-0.2, 0) is 4.79 Å². The maximum atomic E-state index is 13.3. The van der Waals surface area contributed by atoms with Crippen molar-refractivity contribution in [3.05, 3.63) is 30.0 Å². The van der Waals surface area contributed by atoms with Crippen molar-refractivity contribution in [3.63, 3.8) is 0 Å². The predicted molar refractivity (Wildman–Crippen MR) is 141 cm³/mol. The molecule has 3 heterocycles. The standard InChI is InChI=1S/C27H33F3N6O4/c1-26(2)24(38)36(18-6-4-5-7-18)22-21(39-26)15-31-25(34-22)33-19-9-8-16(14-20(19)40-27(28,29)30)23(37)32-17-10-12-35(3)13-11-17/h8-9,14-15,17-18H,4-7,10-13H2,1-3H3,(H,32,37)(H,31,33,34). The first-order valence-corrected chi connectivity index (χ1v) is 13.5. The van der Waals surface area contributed by atoms with Gasteiger partial charge in [0.25, 0.3) is 11.8 Å². The van der Waals surface area contributed by atoms with E-state index in [1.165, 1.54) is 18.3 Å². The molecular formula is C27H33F3N6O4. The zero-order valence-corrected chi connectivity index (χ0v) is 22.7. The summed E-state index contributed by atoms with van der Waals surface area (Å²) in [6, 6.07) is 3.65. The molecule has 40 heavy (non-hydrogen) atoms. The number of hydrogen-bond acceptors (Lipinski definition) is 8. The van der Waals surface area contributed by atoms with Crippen molar-refractivity contribution < 1.29 is 32.2 Å². The molecule has 0 spiro atoms. The quantitative estimate of drug-likeness (QED) is 0.534. The third-order valence-electron chi connectivity index (χ3n) is 7.52. The molecule has 0 bridgehead atoms. The molecule has 1 saturated heterocycles. The number of halogens is 3. The monoisotopic (exact) mass is 562 g/mol. The summed E-state index contributed by atoms with van der Waals surface area (Å²) in [5.74, 6) is -0.795. The lowest BCUT2D eigenvalue weighted by molar-refractivity contribution is -0.274. The minimum atomic E-state index is -5.00. The zero-order valence-electron chi connectivity index (χ0n) is 22.7. The molecule has 2 N–H and O–H groups in total. The molecule has 216 valence electrons. The van der Waals surface area contributed by atoms with E-state index >= 15 is 0 Å². The van der Waals surface area contributed by atoms with Crippen LogP contribution in [0.25, 0.3) is 0 Å². The Morgan fingerprint density at radius 2 is 1.85 bits per heavy atom. The molecule has 0 radical (unpaired) electrons. The fourth-order valence-electron chi connectivity index (χ4n) is 5.39. The van der Waals surface area contributed by atoms with Crippen LogP contribution >= 0.6 is 0 Å². The molecule has 1 saturated carbocycles. The van der Waals surface area contributed by atoms with Gasteiger partial charge >= 0.3 is 6.36 Å². The Morgan fingerprint density at radius 3 is 2.52 bits per heavy atom. The first-order chi connectivity index (χ1) is 18.9. The lowest BCUT2D eigenvalue weighted by Gasteiger charge is -2.40. The predicted octanol–water partition coefficient (Wildman–Crippen LogP) is 4.39. The average molecular weight is 563 g/mol. The third-order valence-corrected chi connectivity index (χ3v) is 7.52. The van der Waals surface area contributed by atoms with Crippen LogP contribution < -0.4 is 25.0 Å². The van der Waals surface area contributed by atoms with E-state index in [-0.39, 0.29) is 41.0 Å². The highest BCUT2D eigenvalue weighted by Gasteiger charge is 2.45. The van der Waals surface area contributed by atoms with E-state index in [2.05, 4.69) is 30.2 Å². The molecule has 1 aromatic heterocycles. The number of piperidine rings is 1. The van der Waals surface area contributed by atoms with Gasteiger partial charge in [-0.15, -0.1) is 13.2 Å². The Bertz CT molecular complexity index is 1270. The van der Waals surface area contributed by atoms with E-state index in [9.17, 15) is 22.8 Å². The van der Waals surface area contributed by atoms with Gasteiger partial charge < -0.3 is 25.0 Å². The second kappa shape index (κ2) is 10.8. The third kappa shape index (κ3) is 6.08. The molecule has 1 aromatic carbocycles. The number of carbonyl (C=O) groups is 2. The van der Waals surface area contributed by atoms with Gasteiger partial charge in [0.05, 0.1) is 11.9 Å². The van der Waals surface area contributed by atoms with Crippen LogP contribution in [0, 0.1) is 0 Å². The van der Waals surface area contributed by atoms with Crippen LogP contribution in [0.5, 0.6) is 11.5 Å². The lowest BCUT2D eigenvalue weighted by Crippen LogP contribution is -2.55. The highest BCUT2D eigenvalue weighted by atomic mass is 19.4. The van der Waals surface area contributed by atoms with Gasteiger partial charge in [-0.1, -0.05) is 12.8 Å². The van der Waals surface area contributed by atoms with E-state index in [4.69, 9.17) is 4.74 Å². The van der Waals surface area contributed by atoms with Crippen molar-refractivity contribution in [1.29, 1.82) is 0 Å². The van der Waals surface area contributed by atoms with Crippen LogP contribution in [0.2, 0.25) is 0 Å². The Kier molecular flexibility index (Phi) is 7.51. The number of benzene rings is 1. The first-order valence-electron chi connectivity index (χ1n) is 13.5. The number of carbonyl (C=O) groups excluding carboxylic acids is 2. The zero-order chi connectivity index (χ0) is 28.7. The molecular weight excluding hydrogens is 529 g/mol. The molecule has 2 aliphatic heterocycles. The second-order valence-corrected chi connectivity index (χ2v) is 11.0. The van der Waals surface area contributed by atoms with Crippen molar-refractivity contribution in [2.45, 2.75) is 76.4 Å². The van der Waals surface area contributed by atoms with Gasteiger partial charge in [0.15, 0.2) is 22.9 Å². The van der Waals surface area contributed by atoms with Gasteiger partial charge in [-0.05, 0) is 77.9 Å². The molecule has 0 atom stereocenters. The fourth-order valence-corrected chi connectivity index (χ4v) is 5.39. The van der Waals surface area contributed by atoms with Gasteiger partial charge in [0.2, 0.25) is 5.95 Å². The van der Waals surface area contributed by atoms with Crippen molar-refractivity contribution >= 4 is 29.3 Å². The Morgan fingerprint density at radius 1 is 1.15 bits per heavy atom. The number of aromatic nitrogens is 2. The largest absolute Gasteiger partial charge is 0.573 e. The SMILES string of the molecule is CN1CCC(NC(=O)c2ccc(Nc3ncc4c(n3)N(C3CCCC3)C(=O)C(C)(C)O4)c(OC(F)(F)F)c2)CC1. The number of anilines is 3. The normalized spacial score (nSPS) is 20.1. The van der Waals surface area contributed by atoms with E-state index < -0.39 is 23.6 Å². The van der Waals surface area contributed by atoms with Crippen LogP contribution in [0.15, 0.2) is 24.4 Å². The van der Waals surface area contributed by atoms with Crippen molar-refractivity contribution in [1.82, 2.24) is 20.2 Å². The molecule has 1 aliphatic carbocycles. The number of nitrogens with zero attached hydrogens (tertiary/aromatic N) is 4. The van der Waals surface area contributed by atoms with Crippen LogP contribution in [0.4, 0.5) is 30.6 Å². The summed E-state index contributed by atoms with van der Waals surface area (Å²) in [5.41, 5.74) is -1.17. The molecule has 2 aromatic rings. The number of amides is 2.